The number of halogens is 2. The molecule has 2 aliphatic rings. The monoisotopic (exact) mass is 374 g/mol. The molecule has 0 unspecified atom stereocenters. The molecule has 134 valence electrons. The molecule has 0 N–H and O–H groups in total. The van der Waals surface area contributed by atoms with E-state index >= 15 is 0 Å². The summed E-state index contributed by atoms with van der Waals surface area (Å²) in [5, 5.41) is 0.562. The second kappa shape index (κ2) is 6.61. The summed E-state index contributed by atoms with van der Waals surface area (Å²) in [7, 11) is 0. The Morgan fingerprint density at radius 3 is 2.73 bits per heavy atom. The summed E-state index contributed by atoms with van der Waals surface area (Å²) in [4.78, 5) is 28.2. The first-order valence-corrected chi connectivity index (χ1v) is 8.70. The van der Waals surface area contributed by atoms with Gasteiger partial charge in [-0.15, -0.1) is 0 Å². The number of fused-ring (bicyclic) bond motifs is 3. The molecular weight excluding hydrogens is 359 g/mol. The topological polar surface area (TPSA) is 49.9 Å². The third-order valence-electron chi connectivity index (χ3n) is 4.74. The van der Waals surface area contributed by atoms with Gasteiger partial charge in [-0.3, -0.25) is 9.69 Å². The predicted octanol–water partition coefficient (Wildman–Crippen LogP) is 3.85. The number of benzene rings is 2. The standard InChI is InChI=1S/C19H16ClFN2O3/c20-14-4-1-12(2-5-14)18(24)22-8-7-16-11-26-19(25)23(16)17-9-15(21)6-3-13(17)10-22/h1-6,9,16H,7-8,10-11H2/t16-/m0/s1. The highest BCUT2D eigenvalue weighted by Gasteiger charge is 2.37. The number of cyclic esters (lactones) is 1. The van der Waals surface area contributed by atoms with Gasteiger partial charge in [-0.25, -0.2) is 9.18 Å². The Morgan fingerprint density at radius 2 is 1.96 bits per heavy atom. The number of anilines is 1. The van der Waals surface area contributed by atoms with Gasteiger partial charge in [0.25, 0.3) is 5.91 Å². The number of amides is 2. The van der Waals surface area contributed by atoms with Crippen molar-refractivity contribution in [1.82, 2.24) is 4.90 Å². The lowest BCUT2D eigenvalue weighted by atomic mass is 10.0. The number of hydrogen-bond acceptors (Lipinski definition) is 3. The molecule has 2 aromatic carbocycles. The van der Waals surface area contributed by atoms with Gasteiger partial charge in [-0.05, 0) is 48.4 Å². The van der Waals surface area contributed by atoms with E-state index in [0.717, 1.165) is 0 Å². The quantitative estimate of drug-likeness (QED) is 0.761. The zero-order valence-electron chi connectivity index (χ0n) is 13.8. The smallest absolute Gasteiger partial charge is 0.414 e. The highest BCUT2D eigenvalue weighted by molar-refractivity contribution is 6.30. The molecule has 7 heteroatoms. The maximum Gasteiger partial charge on any atom is 0.414 e. The van der Waals surface area contributed by atoms with E-state index in [4.69, 9.17) is 16.3 Å². The summed E-state index contributed by atoms with van der Waals surface area (Å²) < 4.78 is 18.9. The minimum atomic E-state index is -0.473. The molecule has 0 spiro atoms. The summed E-state index contributed by atoms with van der Waals surface area (Å²) in [6.45, 7) is 0.988. The first-order valence-electron chi connectivity index (χ1n) is 8.32. The number of hydrogen-bond donors (Lipinski definition) is 0. The Balaban J connectivity index is 1.70. The number of ether oxygens (including phenoxy) is 1. The van der Waals surface area contributed by atoms with Crippen molar-refractivity contribution >= 4 is 29.3 Å². The molecule has 2 amide bonds. The SMILES string of the molecule is O=C(c1ccc(Cl)cc1)N1CC[C@H]2COC(=O)N2c2cc(F)ccc2C1. The summed E-state index contributed by atoms with van der Waals surface area (Å²) in [6.07, 6.45) is 0.0837. The van der Waals surface area contributed by atoms with Gasteiger partial charge >= 0.3 is 6.09 Å². The van der Waals surface area contributed by atoms with Crippen LogP contribution >= 0.6 is 11.6 Å². The van der Waals surface area contributed by atoms with Crippen LogP contribution in [0, 0.1) is 5.82 Å². The maximum atomic E-state index is 13.8. The van der Waals surface area contributed by atoms with Crippen LogP contribution in [-0.4, -0.2) is 36.1 Å². The van der Waals surface area contributed by atoms with E-state index in [1.54, 1.807) is 35.2 Å². The molecule has 1 atom stereocenters. The molecule has 26 heavy (non-hydrogen) atoms. The molecule has 2 aliphatic heterocycles. The highest BCUT2D eigenvalue weighted by atomic mass is 35.5. The van der Waals surface area contributed by atoms with Crippen LogP contribution in [0.4, 0.5) is 14.9 Å². The van der Waals surface area contributed by atoms with Crippen LogP contribution in [0.2, 0.25) is 5.02 Å². The van der Waals surface area contributed by atoms with Crippen LogP contribution in [0.25, 0.3) is 0 Å². The van der Waals surface area contributed by atoms with Gasteiger partial charge in [0, 0.05) is 23.7 Å². The fraction of sp³-hybridized carbons (Fsp3) is 0.263. The van der Waals surface area contributed by atoms with E-state index in [0.29, 0.717) is 34.8 Å². The van der Waals surface area contributed by atoms with Gasteiger partial charge in [-0.1, -0.05) is 17.7 Å². The lowest BCUT2D eigenvalue weighted by Gasteiger charge is -2.32. The molecule has 5 nitrogen and oxygen atoms in total. The number of nitrogens with zero attached hydrogens (tertiary/aromatic N) is 2. The van der Waals surface area contributed by atoms with Gasteiger partial charge in [0.05, 0.1) is 11.7 Å². The van der Waals surface area contributed by atoms with E-state index in [-0.39, 0.29) is 25.1 Å². The Kier molecular flexibility index (Phi) is 4.28. The van der Waals surface area contributed by atoms with Crippen LogP contribution in [0.15, 0.2) is 42.5 Å². The second-order valence-electron chi connectivity index (χ2n) is 6.40. The van der Waals surface area contributed by atoms with Crippen LogP contribution in [0.5, 0.6) is 0 Å². The van der Waals surface area contributed by atoms with E-state index in [2.05, 4.69) is 0 Å². The summed E-state index contributed by atoms with van der Waals surface area (Å²) in [6, 6.07) is 10.8. The lowest BCUT2D eigenvalue weighted by Crippen LogP contribution is -2.42. The first-order chi connectivity index (χ1) is 12.5. The minimum Gasteiger partial charge on any atom is -0.447 e. The predicted molar refractivity (Wildman–Crippen MR) is 94.8 cm³/mol. The second-order valence-corrected chi connectivity index (χ2v) is 6.83. The zero-order chi connectivity index (χ0) is 18.3. The van der Waals surface area contributed by atoms with Gasteiger partial charge in [0.1, 0.15) is 12.4 Å². The molecule has 0 bridgehead atoms. The van der Waals surface area contributed by atoms with Crippen molar-refractivity contribution in [3.8, 4) is 0 Å². The molecule has 1 saturated heterocycles. The van der Waals surface area contributed by atoms with Crippen molar-refractivity contribution < 1.29 is 18.7 Å². The summed E-state index contributed by atoms with van der Waals surface area (Å²) >= 11 is 5.89. The average molecular weight is 375 g/mol. The molecule has 0 aromatic heterocycles. The van der Waals surface area contributed by atoms with Gasteiger partial charge in [0.2, 0.25) is 0 Å². The van der Waals surface area contributed by atoms with Crippen molar-refractivity contribution in [1.29, 1.82) is 0 Å². The van der Waals surface area contributed by atoms with Crippen LogP contribution < -0.4 is 4.90 Å². The molecule has 0 radical (unpaired) electrons. The van der Waals surface area contributed by atoms with Crippen molar-refractivity contribution in [3.63, 3.8) is 0 Å². The molecular formula is C19H16ClFN2O3. The van der Waals surface area contributed by atoms with E-state index in [9.17, 15) is 14.0 Å². The van der Waals surface area contributed by atoms with E-state index in [1.165, 1.54) is 17.0 Å². The van der Waals surface area contributed by atoms with Crippen LogP contribution in [-0.2, 0) is 11.3 Å². The largest absolute Gasteiger partial charge is 0.447 e. The summed E-state index contributed by atoms with van der Waals surface area (Å²) in [5.74, 6) is -0.561. The fourth-order valence-corrected chi connectivity index (χ4v) is 3.53. The number of rotatable bonds is 1. The molecule has 2 heterocycles. The van der Waals surface area contributed by atoms with Crippen molar-refractivity contribution in [2.75, 3.05) is 18.1 Å². The normalized spacial score (nSPS) is 19.3. The maximum absolute atomic E-state index is 13.8. The first kappa shape index (κ1) is 16.8. The molecule has 2 aromatic rings. The third kappa shape index (κ3) is 3.01. The lowest BCUT2D eigenvalue weighted by molar-refractivity contribution is 0.0734. The third-order valence-corrected chi connectivity index (χ3v) is 4.99. The van der Waals surface area contributed by atoms with E-state index in [1.807, 2.05) is 0 Å². The van der Waals surface area contributed by atoms with Crippen molar-refractivity contribution in [2.24, 2.45) is 0 Å². The van der Waals surface area contributed by atoms with Crippen LogP contribution in [0.1, 0.15) is 22.3 Å². The number of carbonyl (C=O) groups is 2. The number of carbonyl (C=O) groups excluding carboxylic acids is 2. The molecule has 0 saturated carbocycles. The minimum absolute atomic E-state index is 0.129. The summed E-state index contributed by atoms with van der Waals surface area (Å²) in [5.41, 5.74) is 1.71. The van der Waals surface area contributed by atoms with Gasteiger partial charge < -0.3 is 9.64 Å². The molecule has 0 aliphatic carbocycles. The van der Waals surface area contributed by atoms with Crippen LogP contribution in [0.3, 0.4) is 0 Å². The van der Waals surface area contributed by atoms with Crippen molar-refractivity contribution in [2.45, 2.75) is 19.0 Å². The highest BCUT2D eigenvalue weighted by Crippen LogP contribution is 2.32. The molecule has 4 rings (SSSR count). The van der Waals surface area contributed by atoms with E-state index < -0.39 is 11.9 Å². The average Bonchev–Trinajstić information content (AvgIpc) is 2.98. The Labute approximate surface area is 154 Å². The van der Waals surface area contributed by atoms with Crippen molar-refractivity contribution in [3.05, 3.63) is 64.4 Å². The zero-order valence-corrected chi connectivity index (χ0v) is 14.6. The van der Waals surface area contributed by atoms with Gasteiger partial charge in [0.15, 0.2) is 0 Å². The Hall–Kier alpha value is -2.60. The molecule has 1 fully saturated rings. The van der Waals surface area contributed by atoms with Gasteiger partial charge in [-0.2, -0.15) is 0 Å². The fourth-order valence-electron chi connectivity index (χ4n) is 3.40. The Morgan fingerprint density at radius 1 is 1.19 bits per heavy atom. The Bertz CT molecular complexity index is 872.